The van der Waals surface area contributed by atoms with Crippen molar-refractivity contribution in [2.24, 2.45) is 10.7 Å². The SMILES string of the molecule is COC(=O)c1ccc2c(C(=Nc3ccc(N(C)C(=O)CN4CCN(C)CC4)cc3)c3ccccc3)c(O)[nH]c2c1.N[C@@H](CC(=O)O)C(=O)O. The normalized spacial score (nSPS) is 14.4. The topological polar surface area (TPSA) is 202 Å². The van der Waals surface area contributed by atoms with Gasteiger partial charge in [0.1, 0.15) is 6.04 Å². The van der Waals surface area contributed by atoms with E-state index in [1.54, 1.807) is 30.1 Å². The number of carbonyl (C=O) groups excluding carboxylic acids is 2. The minimum absolute atomic E-state index is 0.0424. The minimum atomic E-state index is -1.29. The van der Waals surface area contributed by atoms with E-state index in [1.165, 1.54) is 7.11 Å². The first-order valence-corrected chi connectivity index (χ1v) is 15.4. The largest absolute Gasteiger partial charge is 0.494 e. The van der Waals surface area contributed by atoms with E-state index in [-0.39, 0.29) is 11.8 Å². The number of aromatic hydroxyl groups is 1. The molecule has 2 heterocycles. The lowest BCUT2D eigenvalue weighted by molar-refractivity contribution is -0.144. The third-order valence-corrected chi connectivity index (χ3v) is 8.00. The molecule has 4 aromatic rings. The van der Waals surface area contributed by atoms with Gasteiger partial charge < -0.3 is 40.6 Å². The number of likely N-dealkylation sites (N-methyl/N-ethyl adjacent to an activating group) is 2. The van der Waals surface area contributed by atoms with Crippen LogP contribution in [0.15, 0.2) is 77.8 Å². The van der Waals surface area contributed by atoms with Crippen molar-refractivity contribution in [3.05, 3.63) is 89.5 Å². The number of carboxylic acids is 2. The van der Waals surface area contributed by atoms with Crippen LogP contribution in [-0.2, 0) is 19.1 Å². The molecule has 1 fully saturated rings. The van der Waals surface area contributed by atoms with Crippen molar-refractivity contribution in [1.29, 1.82) is 0 Å². The number of methoxy groups -OCH3 is 1. The zero-order chi connectivity index (χ0) is 35.7. The molecule has 1 atom stereocenters. The lowest BCUT2D eigenvalue weighted by atomic mass is 10.00. The molecule has 1 aliphatic heterocycles. The number of benzene rings is 3. The number of aliphatic imine (C=N–C) groups is 1. The van der Waals surface area contributed by atoms with Gasteiger partial charge in [0.05, 0.1) is 42.6 Å². The summed E-state index contributed by atoms with van der Waals surface area (Å²) in [6.45, 7) is 4.09. The maximum Gasteiger partial charge on any atom is 0.337 e. The van der Waals surface area contributed by atoms with Gasteiger partial charge in [0, 0.05) is 55.4 Å². The zero-order valence-electron chi connectivity index (χ0n) is 27.5. The molecule has 49 heavy (non-hydrogen) atoms. The van der Waals surface area contributed by atoms with Gasteiger partial charge in [-0.25, -0.2) is 9.79 Å². The number of anilines is 1. The Morgan fingerprint density at radius 1 is 0.959 bits per heavy atom. The van der Waals surface area contributed by atoms with Crippen LogP contribution < -0.4 is 10.6 Å². The highest BCUT2D eigenvalue weighted by atomic mass is 16.5. The number of ether oxygens (including phenoxy) is 1. The number of aromatic amines is 1. The summed E-state index contributed by atoms with van der Waals surface area (Å²) in [6.07, 6.45) is -0.532. The van der Waals surface area contributed by atoms with E-state index in [1.807, 2.05) is 54.6 Å². The Bertz CT molecular complexity index is 1820. The number of H-pyrrole nitrogens is 1. The average molecular weight is 673 g/mol. The molecule has 6 N–H and O–H groups in total. The highest BCUT2D eigenvalue weighted by Gasteiger charge is 2.22. The molecule has 14 nitrogen and oxygen atoms in total. The number of esters is 1. The van der Waals surface area contributed by atoms with Crippen LogP contribution in [0.4, 0.5) is 11.4 Å². The summed E-state index contributed by atoms with van der Waals surface area (Å²) in [6, 6.07) is 20.9. The molecule has 5 rings (SSSR count). The molecule has 0 spiro atoms. The summed E-state index contributed by atoms with van der Waals surface area (Å²) in [7, 11) is 5.22. The predicted molar refractivity (Wildman–Crippen MR) is 185 cm³/mol. The number of aromatic nitrogens is 1. The molecule has 1 aromatic heterocycles. The van der Waals surface area contributed by atoms with Gasteiger partial charge in [-0.2, -0.15) is 0 Å². The molecule has 3 aromatic carbocycles. The highest BCUT2D eigenvalue weighted by molar-refractivity contribution is 6.22. The maximum atomic E-state index is 12.9. The van der Waals surface area contributed by atoms with E-state index >= 15 is 0 Å². The number of hydrogen-bond donors (Lipinski definition) is 5. The van der Waals surface area contributed by atoms with Crippen LogP contribution in [0.25, 0.3) is 10.9 Å². The summed E-state index contributed by atoms with van der Waals surface area (Å²) >= 11 is 0. The molecule has 0 radical (unpaired) electrons. The van der Waals surface area contributed by atoms with E-state index in [9.17, 15) is 24.3 Å². The second-order valence-electron chi connectivity index (χ2n) is 11.5. The molecule has 1 amide bonds. The van der Waals surface area contributed by atoms with E-state index < -0.39 is 30.4 Å². The number of carbonyl (C=O) groups is 4. The lowest BCUT2D eigenvalue weighted by Gasteiger charge is -2.32. The van der Waals surface area contributed by atoms with E-state index in [0.29, 0.717) is 34.6 Å². The number of nitrogens with two attached hydrogens (primary N) is 1. The maximum absolute atomic E-state index is 12.9. The van der Waals surface area contributed by atoms with Crippen LogP contribution in [0.3, 0.4) is 0 Å². The standard InChI is InChI=1S/C31H33N5O4.C4H7NO4/c1-34-15-17-36(18-16-34)20-27(37)35(2)24-12-10-23(11-13-24)32-29(21-7-5-4-6-8-21)28-25-14-9-22(31(39)40-3)19-26(25)33-30(28)38;5-2(4(8)9)1-3(6)7/h4-14,19,33,38H,15-18,20H2,1-3H3;2H,1,5H2,(H,6,7)(H,8,9)/t;2-/m.0/s1. The molecule has 14 heteroatoms. The van der Waals surface area contributed by atoms with Crippen LogP contribution in [0, 0.1) is 0 Å². The van der Waals surface area contributed by atoms with E-state index in [0.717, 1.165) is 42.8 Å². The Morgan fingerprint density at radius 3 is 2.18 bits per heavy atom. The molecule has 0 aliphatic carbocycles. The molecule has 0 unspecified atom stereocenters. The van der Waals surface area contributed by atoms with Gasteiger partial charge in [0.25, 0.3) is 0 Å². The Labute approximate surface area is 283 Å². The van der Waals surface area contributed by atoms with Gasteiger partial charge in [-0.15, -0.1) is 0 Å². The van der Waals surface area contributed by atoms with Gasteiger partial charge >= 0.3 is 17.9 Å². The number of carboxylic acid groups (broad SMARTS) is 2. The predicted octanol–water partition coefficient (Wildman–Crippen LogP) is 2.91. The van der Waals surface area contributed by atoms with Crippen molar-refractivity contribution in [1.82, 2.24) is 14.8 Å². The first kappa shape index (κ1) is 36.3. The second-order valence-corrected chi connectivity index (χ2v) is 11.5. The minimum Gasteiger partial charge on any atom is -0.494 e. The summed E-state index contributed by atoms with van der Waals surface area (Å²) in [4.78, 5) is 58.6. The zero-order valence-corrected chi connectivity index (χ0v) is 27.5. The number of rotatable bonds is 10. The molecule has 258 valence electrons. The Morgan fingerprint density at radius 2 is 1.61 bits per heavy atom. The number of piperazine rings is 1. The number of nitrogens with zero attached hydrogens (tertiary/aromatic N) is 4. The smallest absolute Gasteiger partial charge is 0.337 e. The highest BCUT2D eigenvalue weighted by Crippen LogP contribution is 2.32. The first-order chi connectivity index (χ1) is 23.4. The van der Waals surface area contributed by atoms with E-state index in [2.05, 4.69) is 21.8 Å². The van der Waals surface area contributed by atoms with Gasteiger partial charge in [-0.1, -0.05) is 36.4 Å². The number of amides is 1. The summed E-state index contributed by atoms with van der Waals surface area (Å²) in [5.74, 6) is -2.96. The van der Waals surface area contributed by atoms with Crippen molar-refractivity contribution in [3.63, 3.8) is 0 Å². The monoisotopic (exact) mass is 672 g/mol. The molecular weight excluding hydrogens is 632 g/mol. The van der Waals surface area contributed by atoms with Crippen LogP contribution in [0.2, 0.25) is 0 Å². The van der Waals surface area contributed by atoms with Gasteiger partial charge in [-0.05, 0) is 43.4 Å². The molecule has 0 bridgehead atoms. The Hall–Kier alpha value is -5.57. The summed E-state index contributed by atoms with van der Waals surface area (Å²) in [5.41, 5.74) is 9.18. The van der Waals surface area contributed by atoms with Crippen LogP contribution in [-0.4, -0.2) is 120 Å². The molecule has 1 saturated heterocycles. The lowest BCUT2D eigenvalue weighted by Crippen LogP contribution is -2.48. The fourth-order valence-corrected chi connectivity index (χ4v) is 5.13. The second kappa shape index (κ2) is 16.5. The summed E-state index contributed by atoms with van der Waals surface area (Å²) in [5, 5.41) is 27.7. The molecule has 1 aliphatic rings. The number of nitrogens with one attached hydrogen (secondary N) is 1. The van der Waals surface area contributed by atoms with Crippen molar-refractivity contribution in [2.75, 3.05) is 58.8 Å². The quantitative estimate of drug-likeness (QED) is 0.122. The third-order valence-electron chi connectivity index (χ3n) is 8.00. The van der Waals surface area contributed by atoms with Gasteiger partial charge in [0.15, 0.2) is 5.88 Å². The third kappa shape index (κ3) is 9.50. The van der Waals surface area contributed by atoms with Gasteiger partial charge in [0.2, 0.25) is 5.91 Å². The number of hydrogen-bond acceptors (Lipinski definition) is 10. The van der Waals surface area contributed by atoms with Crippen molar-refractivity contribution >= 4 is 51.8 Å². The van der Waals surface area contributed by atoms with Gasteiger partial charge in [-0.3, -0.25) is 19.3 Å². The Kier molecular flexibility index (Phi) is 12.2. The van der Waals surface area contributed by atoms with Crippen LogP contribution in [0.5, 0.6) is 5.88 Å². The fourth-order valence-electron chi connectivity index (χ4n) is 5.13. The van der Waals surface area contributed by atoms with Crippen molar-refractivity contribution in [2.45, 2.75) is 12.5 Å². The summed E-state index contributed by atoms with van der Waals surface area (Å²) < 4.78 is 4.83. The number of fused-ring (bicyclic) bond motifs is 1. The Balaban J connectivity index is 0.000000529. The van der Waals surface area contributed by atoms with Crippen LogP contribution >= 0.6 is 0 Å². The first-order valence-electron chi connectivity index (χ1n) is 15.4. The number of aliphatic carboxylic acids is 2. The van der Waals surface area contributed by atoms with Crippen molar-refractivity contribution < 1.29 is 39.2 Å². The van der Waals surface area contributed by atoms with Crippen molar-refractivity contribution in [3.8, 4) is 5.88 Å². The molecular formula is C35H40N6O8. The molecule has 0 saturated carbocycles. The van der Waals surface area contributed by atoms with E-state index in [4.69, 9.17) is 25.7 Å². The van der Waals surface area contributed by atoms with Crippen LogP contribution in [0.1, 0.15) is 27.9 Å². The average Bonchev–Trinajstić information content (AvgIpc) is 3.42. The fraction of sp³-hybridized carbons (Fsp3) is 0.286.